The van der Waals surface area contributed by atoms with Crippen LogP contribution in [0.3, 0.4) is 0 Å². The second-order valence-corrected chi connectivity index (χ2v) is 10.1. The molecule has 1 heterocycles. The normalized spacial score (nSPS) is 11.4. The summed E-state index contributed by atoms with van der Waals surface area (Å²) in [5.41, 5.74) is 0.835. The number of nitrogens with zero attached hydrogens (tertiary/aromatic N) is 3. The van der Waals surface area contributed by atoms with Crippen molar-refractivity contribution in [2.75, 3.05) is 33.0 Å². The fourth-order valence-electron chi connectivity index (χ4n) is 3.54. The van der Waals surface area contributed by atoms with Crippen molar-refractivity contribution in [2.24, 2.45) is 11.8 Å². The van der Waals surface area contributed by atoms with Crippen LogP contribution in [0.1, 0.15) is 91.2 Å². The number of ketones is 2. The van der Waals surface area contributed by atoms with Gasteiger partial charge in [-0.3, -0.25) is 19.1 Å². The predicted molar refractivity (Wildman–Crippen MR) is 140 cm³/mol. The molecule has 0 unspecified atom stereocenters. The molecule has 1 aromatic heterocycles. The van der Waals surface area contributed by atoms with E-state index in [4.69, 9.17) is 9.47 Å². The topological polar surface area (TPSA) is 112 Å². The van der Waals surface area contributed by atoms with Crippen LogP contribution >= 0.6 is 0 Å². The zero-order valence-corrected chi connectivity index (χ0v) is 22.9. The van der Waals surface area contributed by atoms with Gasteiger partial charge in [0.2, 0.25) is 5.91 Å². The van der Waals surface area contributed by atoms with Gasteiger partial charge in [-0.2, -0.15) is 0 Å². The molecule has 0 radical (unpaired) electrons. The van der Waals surface area contributed by atoms with Crippen molar-refractivity contribution in [1.82, 2.24) is 20.3 Å². The van der Waals surface area contributed by atoms with Gasteiger partial charge in [0.25, 0.3) is 0 Å². The van der Waals surface area contributed by atoms with Crippen LogP contribution in [0.15, 0.2) is 6.20 Å². The van der Waals surface area contributed by atoms with E-state index in [1.54, 1.807) is 4.68 Å². The Morgan fingerprint density at radius 3 is 2.42 bits per heavy atom. The Morgan fingerprint density at radius 1 is 0.917 bits per heavy atom. The lowest BCUT2D eigenvalue weighted by Crippen LogP contribution is -2.29. The molecule has 0 spiro atoms. The number of carbonyl (C=O) groups excluding carboxylic acids is 3. The maximum Gasteiger partial charge on any atom is 0.245 e. The summed E-state index contributed by atoms with van der Waals surface area (Å²) >= 11 is 0. The minimum Gasteiger partial charge on any atom is -0.379 e. The Bertz CT molecular complexity index is 748. The quantitative estimate of drug-likeness (QED) is 0.223. The third-order valence-corrected chi connectivity index (χ3v) is 5.83. The molecule has 1 rings (SSSR count). The van der Waals surface area contributed by atoms with Gasteiger partial charge in [-0.15, -0.1) is 5.10 Å². The summed E-state index contributed by atoms with van der Waals surface area (Å²) in [7, 11) is 0. The summed E-state index contributed by atoms with van der Waals surface area (Å²) in [5.74, 6) is 1.15. The van der Waals surface area contributed by atoms with Gasteiger partial charge in [0.1, 0.15) is 18.2 Å². The van der Waals surface area contributed by atoms with Gasteiger partial charge in [-0.1, -0.05) is 45.7 Å². The van der Waals surface area contributed by atoms with E-state index in [2.05, 4.69) is 29.5 Å². The third-order valence-electron chi connectivity index (χ3n) is 5.83. The second kappa shape index (κ2) is 20.0. The van der Waals surface area contributed by atoms with Crippen LogP contribution in [0.4, 0.5) is 0 Å². The number of rotatable bonds is 23. The molecule has 0 saturated heterocycles. The number of aromatic nitrogens is 3. The molecule has 9 heteroatoms. The van der Waals surface area contributed by atoms with Crippen LogP contribution < -0.4 is 5.32 Å². The number of nitrogens with one attached hydrogen (secondary N) is 1. The van der Waals surface area contributed by atoms with E-state index in [-0.39, 0.29) is 30.0 Å². The van der Waals surface area contributed by atoms with E-state index in [9.17, 15) is 14.4 Å². The van der Waals surface area contributed by atoms with Crippen LogP contribution in [-0.2, 0) is 36.8 Å². The van der Waals surface area contributed by atoms with E-state index in [0.717, 1.165) is 37.9 Å². The summed E-state index contributed by atoms with van der Waals surface area (Å²) in [6.07, 6.45) is 9.75. The highest BCUT2D eigenvalue weighted by Crippen LogP contribution is 2.07. The Labute approximate surface area is 217 Å². The number of hydrogen-bond acceptors (Lipinski definition) is 7. The summed E-state index contributed by atoms with van der Waals surface area (Å²) < 4.78 is 12.6. The van der Waals surface area contributed by atoms with Crippen LogP contribution in [0.5, 0.6) is 0 Å². The lowest BCUT2D eigenvalue weighted by Gasteiger charge is -2.08. The standard InChI is InChI=1S/C27H48N4O5/c1-22(2)10-5-7-15-28-27(34)21-36-19-18-35-17-9-12-25(32)11-6-8-16-31-20-24(29-30-31)13-14-26(33)23(3)4/h20,22-23H,5-19,21H2,1-4H3,(H,28,34). The fraction of sp³-hybridized carbons (Fsp3) is 0.815. The largest absolute Gasteiger partial charge is 0.379 e. The van der Waals surface area contributed by atoms with Crippen molar-refractivity contribution in [3.8, 4) is 0 Å². The van der Waals surface area contributed by atoms with E-state index in [1.807, 2.05) is 20.0 Å². The van der Waals surface area contributed by atoms with Crippen molar-refractivity contribution in [2.45, 2.75) is 98.4 Å². The molecule has 0 bridgehead atoms. The number of unbranched alkanes of at least 4 members (excludes halogenated alkanes) is 2. The van der Waals surface area contributed by atoms with Crippen molar-refractivity contribution < 1.29 is 23.9 Å². The average Bonchev–Trinajstić information content (AvgIpc) is 3.29. The first kappa shape index (κ1) is 31.9. The molecule has 0 aliphatic rings. The number of carbonyl (C=O) groups is 3. The van der Waals surface area contributed by atoms with Crippen molar-refractivity contribution in [3.63, 3.8) is 0 Å². The lowest BCUT2D eigenvalue weighted by atomic mass is 10.0. The van der Waals surface area contributed by atoms with Gasteiger partial charge in [-0.05, 0) is 31.6 Å². The Balaban J connectivity index is 1.92. The highest BCUT2D eigenvalue weighted by atomic mass is 16.5. The van der Waals surface area contributed by atoms with Crippen molar-refractivity contribution >= 4 is 17.5 Å². The smallest absolute Gasteiger partial charge is 0.245 e. The minimum atomic E-state index is -0.0902. The summed E-state index contributed by atoms with van der Waals surface area (Å²) in [6, 6.07) is 0. The van der Waals surface area contributed by atoms with Crippen molar-refractivity contribution in [1.29, 1.82) is 0 Å². The zero-order chi connectivity index (χ0) is 26.6. The molecule has 0 aliphatic heterocycles. The molecular formula is C27H48N4O5. The second-order valence-electron chi connectivity index (χ2n) is 10.1. The first-order valence-corrected chi connectivity index (χ1v) is 13.6. The van der Waals surface area contributed by atoms with Gasteiger partial charge in [-0.25, -0.2) is 0 Å². The van der Waals surface area contributed by atoms with Crippen LogP contribution in [0, 0.1) is 11.8 Å². The number of amides is 1. The summed E-state index contributed by atoms with van der Waals surface area (Å²) in [4.78, 5) is 35.4. The molecule has 0 atom stereocenters. The average molecular weight is 509 g/mol. The Morgan fingerprint density at radius 2 is 1.67 bits per heavy atom. The molecule has 1 aromatic rings. The van der Waals surface area contributed by atoms with Crippen LogP contribution in [0.2, 0.25) is 0 Å². The molecule has 0 aromatic carbocycles. The molecule has 1 N–H and O–H groups in total. The summed E-state index contributed by atoms with van der Waals surface area (Å²) in [6.45, 7) is 11.0. The molecule has 36 heavy (non-hydrogen) atoms. The SMILES string of the molecule is CC(C)CCCCNC(=O)COCCOCCCC(=O)CCCCn1cc(CCC(=O)C(C)C)nn1. The number of Topliss-reactive ketones (excluding diaryl/α,β-unsaturated/α-hetero) is 2. The van der Waals surface area contributed by atoms with E-state index < -0.39 is 0 Å². The highest BCUT2D eigenvalue weighted by Gasteiger charge is 2.09. The van der Waals surface area contributed by atoms with E-state index in [1.165, 1.54) is 6.42 Å². The molecule has 9 nitrogen and oxygen atoms in total. The molecule has 0 saturated carbocycles. The minimum absolute atomic E-state index is 0.0525. The molecule has 1 amide bonds. The Kier molecular flexibility index (Phi) is 17.7. The van der Waals surface area contributed by atoms with Gasteiger partial charge < -0.3 is 14.8 Å². The van der Waals surface area contributed by atoms with Gasteiger partial charge in [0, 0.05) is 57.5 Å². The van der Waals surface area contributed by atoms with E-state index >= 15 is 0 Å². The number of ether oxygens (including phenoxy) is 2. The monoisotopic (exact) mass is 508 g/mol. The molecule has 0 aliphatic carbocycles. The molecule has 206 valence electrons. The first-order chi connectivity index (χ1) is 17.3. The maximum atomic E-state index is 12.0. The van der Waals surface area contributed by atoms with Crippen molar-refractivity contribution in [3.05, 3.63) is 11.9 Å². The number of aryl methyl sites for hydroxylation is 2. The van der Waals surface area contributed by atoms with Gasteiger partial charge >= 0.3 is 0 Å². The lowest BCUT2D eigenvalue weighted by molar-refractivity contribution is -0.126. The summed E-state index contributed by atoms with van der Waals surface area (Å²) in [5, 5.41) is 11.1. The molecule has 0 fully saturated rings. The number of hydrogen-bond donors (Lipinski definition) is 1. The predicted octanol–water partition coefficient (Wildman–Crippen LogP) is 3.93. The van der Waals surface area contributed by atoms with Gasteiger partial charge in [0.05, 0.1) is 18.9 Å². The first-order valence-electron chi connectivity index (χ1n) is 13.6. The highest BCUT2D eigenvalue weighted by molar-refractivity contribution is 5.80. The van der Waals surface area contributed by atoms with Gasteiger partial charge in [0.15, 0.2) is 0 Å². The maximum absolute atomic E-state index is 12.0. The third kappa shape index (κ3) is 17.3. The van der Waals surface area contributed by atoms with E-state index in [0.29, 0.717) is 64.4 Å². The van der Waals surface area contributed by atoms with Crippen LogP contribution in [-0.4, -0.2) is 65.4 Å². The fourth-order valence-corrected chi connectivity index (χ4v) is 3.54. The molecular weight excluding hydrogens is 460 g/mol. The van der Waals surface area contributed by atoms with Crippen LogP contribution in [0.25, 0.3) is 0 Å². The Hall–Kier alpha value is -2.13. The zero-order valence-electron chi connectivity index (χ0n) is 22.9.